The van der Waals surface area contributed by atoms with Gasteiger partial charge >= 0.3 is 0 Å². The molecule has 0 aliphatic carbocycles. The van der Waals surface area contributed by atoms with E-state index < -0.39 is 0 Å². The Morgan fingerprint density at radius 2 is 2.17 bits per heavy atom. The van der Waals surface area contributed by atoms with E-state index in [-0.39, 0.29) is 0 Å². The van der Waals surface area contributed by atoms with Gasteiger partial charge in [0.1, 0.15) is 5.75 Å². The zero-order valence-electron chi connectivity index (χ0n) is 7.63. The van der Waals surface area contributed by atoms with E-state index in [1.165, 1.54) is 0 Å². The lowest BCUT2D eigenvalue weighted by molar-refractivity contribution is 0.338. The molecule has 0 saturated carbocycles. The third-order valence-electron chi connectivity index (χ3n) is 1.77. The molecule has 2 N–H and O–H groups in total. The van der Waals surface area contributed by atoms with Crippen molar-refractivity contribution < 1.29 is 4.74 Å². The summed E-state index contributed by atoms with van der Waals surface area (Å²) in [5.41, 5.74) is 7.80. The van der Waals surface area contributed by atoms with E-state index in [0.717, 1.165) is 16.9 Å². The summed E-state index contributed by atoms with van der Waals surface area (Å²) in [4.78, 5) is 0. The van der Waals surface area contributed by atoms with Gasteiger partial charge in [-0.15, -0.1) is 0 Å². The quantitative estimate of drug-likeness (QED) is 0.741. The van der Waals surface area contributed by atoms with Crippen molar-refractivity contribution in [3.8, 4) is 5.75 Å². The molecule has 0 bridgehead atoms. The van der Waals surface area contributed by atoms with E-state index in [1.54, 1.807) is 0 Å². The van der Waals surface area contributed by atoms with E-state index in [1.807, 2.05) is 26.0 Å². The van der Waals surface area contributed by atoms with Crippen molar-refractivity contribution in [2.75, 3.05) is 6.61 Å². The highest BCUT2D eigenvalue weighted by molar-refractivity contribution is 5.36. The van der Waals surface area contributed by atoms with Crippen LogP contribution in [-0.4, -0.2) is 6.61 Å². The third kappa shape index (κ3) is 1.98. The number of rotatable bonds is 3. The monoisotopic (exact) mass is 165 g/mol. The van der Waals surface area contributed by atoms with Gasteiger partial charge < -0.3 is 10.5 Å². The number of hydrogen-bond donors (Lipinski definition) is 1. The van der Waals surface area contributed by atoms with E-state index in [0.29, 0.717) is 13.2 Å². The van der Waals surface area contributed by atoms with Crippen LogP contribution in [0.25, 0.3) is 0 Å². The number of benzene rings is 1. The Balaban J connectivity index is 2.87. The zero-order chi connectivity index (χ0) is 8.97. The van der Waals surface area contributed by atoms with Crippen LogP contribution >= 0.6 is 0 Å². The van der Waals surface area contributed by atoms with Gasteiger partial charge in [0.05, 0.1) is 6.61 Å². The Kier molecular flexibility index (Phi) is 3.11. The van der Waals surface area contributed by atoms with Crippen LogP contribution in [0, 0.1) is 6.92 Å². The van der Waals surface area contributed by atoms with E-state index in [9.17, 15) is 0 Å². The Morgan fingerprint density at radius 1 is 1.42 bits per heavy atom. The Bertz CT molecular complexity index is 258. The molecule has 1 rings (SSSR count). The minimum atomic E-state index is 0.591. The summed E-state index contributed by atoms with van der Waals surface area (Å²) < 4.78 is 5.40. The molecule has 66 valence electrons. The Morgan fingerprint density at radius 3 is 2.67 bits per heavy atom. The van der Waals surface area contributed by atoms with Crippen molar-refractivity contribution >= 4 is 0 Å². The van der Waals surface area contributed by atoms with Gasteiger partial charge in [-0.3, -0.25) is 0 Å². The van der Waals surface area contributed by atoms with Crippen LogP contribution in [0.4, 0.5) is 0 Å². The minimum absolute atomic E-state index is 0.591. The predicted octanol–water partition coefficient (Wildman–Crippen LogP) is 1.85. The largest absolute Gasteiger partial charge is 0.494 e. The molecule has 0 aliphatic rings. The highest BCUT2D eigenvalue weighted by Gasteiger charge is 1.98. The lowest BCUT2D eigenvalue weighted by Gasteiger charge is -2.07. The average molecular weight is 165 g/mol. The molecule has 2 heteroatoms. The predicted molar refractivity (Wildman–Crippen MR) is 50.2 cm³/mol. The molecule has 0 heterocycles. The summed E-state index contributed by atoms with van der Waals surface area (Å²) in [5.74, 6) is 0.953. The number of nitrogens with two attached hydrogens (primary N) is 1. The second kappa shape index (κ2) is 4.12. The molecule has 0 amide bonds. The summed E-state index contributed by atoms with van der Waals surface area (Å²) in [7, 11) is 0. The van der Waals surface area contributed by atoms with Crippen molar-refractivity contribution in [3.05, 3.63) is 29.3 Å². The van der Waals surface area contributed by atoms with Gasteiger partial charge in [-0.2, -0.15) is 0 Å². The molecule has 0 aromatic heterocycles. The van der Waals surface area contributed by atoms with Crippen molar-refractivity contribution in [1.29, 1.82) is 0 Å². The van der Waals surface area contributed by atoms with Gasteiger partial charge in [0.25, 0.3) is 0 Å². The fourth-order valence-corrected chi connectivity index (χ4v) is 1.16. The van der Waals surface area contributed by atoms with Crippen LogP contribution in [0.15, 0.2) is 18.2 Å². The van der Waals surface area contributed by atoms with Crippen molar-refractivity contribution in [2.45, 2.75) is 20.4 Å². The number of ether oxygens (including phenoxy) is 1. The highest BCUT2D eigenvalue weighted by atomic mass is 16.5. The summed E-state index contributed by atoms with van der Waals surface area (Å²) in [6, 6.07) is 6.03. The van der Waals surface area contributed by atoms with Crippen LogP contribution < -0.4 is 10.5 Å². The molecule has 0 aliphatic heterocycles. The van der Waals surface area contributed by atoms with Crippen molar-refractivity contribution in [1.82, 2.24) is 0 Å². The first kappa shape index (κ1) is 9.07. The zero-order valence-corrected chi connectivity index (χ0v) is 7.63. The van der Waals surface area contributed by atoms with Crippen LogP contribution in [0.1, 0.15) is 18.1 Å². The molecule has 0 fully saturated rings. The Labute approximate surface area is 73.3 Å². The van der Waals surface area contributed by atoms with E-state index in [2.05, 4.69) is 6.07 Å². The molecule has 0 radical (unpaired) electrons. The maximum Gasteiger partial charge on any atom is 0.122 e. The minimum Gasteiger partial charge on any atom is -0.494 e. The molecular weight excluding hydrogens is 150 g/mol. The lowest BCUT2D eigenvalue weighted by atomic mass is 10.1. The maximum atomic E-state index is 5.50. The van der Waals surface area contributed by atoms with Crippen LogP contribution in [0.3, 0.4) is 0 Å². The molecule has 2 nitrogen and oxygen atoms in total. The van der Waals surface area contributed by atoms with E-state index >= 15 is 0 Å². The highest BCUT2D eigenvalue weighted by Crippen LogP contribution is 2.18. The maximum absolute atomic E-state index is 5.50. The SMILES string of the molecule is CCOc1ccc(CN)cc1C. The Hall–Kier alpha value is -1.02. The van der Waals surface area contributed by atoms with Gasteiger partial charge in [0.15, 0.2) is 0 Å². The molecule has 0 unspecified atom stereocenters. The van der Waals surface area contributed by atoms with Crippen molar-refractivity contribution in [3.63, 3.8) is 0 Å². The third-order valence-corrected chi connectivity index (χ3v) is 1.77. The second-order valence-corrected chi connectivity index (χ2v) is 2.74. The summed E-state index contributed by atoms with van der Waals surface area (Å²) in [6.07, 6.45) is 0. The van der Waals surface area contributed by atoms with E-state index in [4.69, 9.17) is 10.5 Å². The van der Waals surface area contributed by atoms with Gasteiger partial charge in [-0.25, -0.2) is 0 Å². The molecule has 0 atom stereocenters. The molecular formula is C10H15NO. The topological polar surface area (TPSA) is 35.2 Å². The molecule has 0 saturated heterocycles. The lowest BCUT2D eigenvalue weighted by Crippen LogP contribution is -1.98. The molecule has 1 aromatic rings. The van der Waals surface area contributed by atoms with Crippen LogP contribution in [0.2, 0.25) is 0 Å². The van der Waals surface area contributed by atoms with Gasteiger partial charge in [0, 0.05) is 6.54 Å². The molecule has 1 aromatic carbocycles. The number of hydrogen-bond acceptors (Lipinski definition) is 2. The summed E-state index contributed by atoms with van der Waals surface area (Å²) in [5, 5.41) is 0. The molecule has 0 spiro atoms. The van der Waals surface area contributed by atoms with Gasteiger partial charge in [-0.1, -0.05) is 12.1 Å². The first-order chi connectivity index (χ1) is 5.77. The first-order valence-corrected chi connectivity index (χ1v) is 4.20. The molecule has 12 heavy (non-hydrogen) atoms. The van der Waals surface area contributed by atoms with Gasteiger partial charge in [0.2, 0.25) is 0 Å². The van der Waals surface area contributed by atoms with Gasteiger partial charge in [-0.05, 0) is 31.0 Å². The number of aryl methyl sites for hydroxylation is 1. The standard InChI is InChI=1S/C10H15NO/c1-3-12-10-5-4-9(7-11)6-8(10)2/h4-6H,3,7,11H2,1-2H3. The summed E-state index contributed by atoms with van der Waals surface area (Å²) >= 11 is 0. The van der Waals surface area contributed by atoms with Crippen LogP contribution in [-0.2, 0) is 6.54 Å². The normalized spacial score (nSPS) is 9.92. The fourth-order valence-electron chi connectivity index (χ4n) is 1.16. The first-order valence-electron chi connectivity index (χ1n) is 4.20. The summed E-state index contributed by atoms with van der Waals surface area (Å²) in [6.45, 7) is 5.32. The fraction of sp³-hybridized carbons (Fsp3) is 0.400. The average Bonchev–Trinajstić information content (AvgIpc) is 2.09. The smallest absolute Gasteiger partial charge is 0.122 e. The van der Waals surface area contributed by atoms with Crippen molar-refractivity contribution in [2.24, 2.45) is 5.73 Å². The second-order valence-electron chi connectivity index (χ2n) is 2.74. The van der Waals surface area contributed by atoms with Crippen LogP contribution in [0.5, 0.6) is 5.75 Å².